The van der Waals surface area contributed by atoms with Crippen LogP contribution in [0.1, 0.15) is 27.9 Å². The minimum Gasteiger partial charge on any atom is -0.493 e. The zero-order valence-corrected chi connectivity index (χ0v) is 16.8. The number of nitrogens with one attached hydrogen (secondary N) is 2. The van der Waals surface area contributed by atoms with Crippen LogP contribution in [0.15, 0.2) is 78.9 Å². The monoisotopic (exact) mass is 404 g/mol. The van der Waals surface area contributed by atoms with Crippen molar-refractivity contribution in [2.45, 2.75) is 20.0 Å². The zero-order chi connectivity index (χ0) is 21.2. The lowest BCUT2D eigenvalue weighted by Gasteiger charge is -2.10. The van der Waals surface area contributed by atoms with Crippen LogP contribution in [0.25, 0.3) is 0 Å². The van der Waals surface area contributed by atoms with Gasteiger partial charge in [0.1, 0.15) is 18.1 Å². The van der Waals surface area contributed by atoms with Gasteiger partial charge in [0.15, 0.2) is 0 Å². The fourth-order valence-electron chi connectivity index (χ4n) is 2.66. The van der Waals surface area contributed by atoms with Gasteiger partial charge in [-0.3, -0.25) is 20.4 Å². The van der Waals surface area contributed by atoms with E-state index in [1.54, 1.807) is 12.1 Å². The molecule has 2 amide bonds. The lowest BCUT2D eigenvalue weighted by molar-refractivity contribution is -0.122. The Balaban J connectivity index is 1.38. The molecular weight excluding hydrogens is 380 g/mol. The Morgan fingerprint density at radius 3 is 2.27 bits per heavy atom. The van der Waals surface area contributed by atoms with E-state index >= 15 is 0 Å². The van der Waals surface area contributed by atoms with E-state index in [4.69, 9.17) is 9.47 Å². The Morgan fingerprint density at radius 2 is 1.53 bits per heavy atom. The molecule has 0 fully saturated rings. The smallest absolute Gasteiger partial charge is 0.269 e. The summed E-state index contributed by atoms with van der Waals surface area (Å²) < 4.78 is 11.2. The number of carbonyl (C=O) groups excluding carboxylic acids is 2. The minimum absolute atomic E-state index is 0.129. The van der Waals surface area contributed by atoms with Crippen LogP contribution in [0.2, 0.25) is 0 Å². The molecule has 2 N–H and O–H groups in total. The van der Waals surface area contributed by atoms with Crippen molar-refractivity contribution in [2.24, 2.45) is 0 Å². The number of aryl methyl sites for hydroxylation is 1. The summed E-state index contributed by atoms with van der Waals surface area (Å²) in [5, 5.41) is 0. The molecular formula is C24H24N2O4. The van der Waals surface area contributed by atoms with Gasteiger partial charge in [-0.2, -0.15) is 0 Å². The summed E-state index contributed by atoms with van der Waals surface area (Å²) in [5.74, 6) is 0.777. The summed E-state index contributed by atoms with van der Waals surface area (Å²) >= 11 is 0. The van der Waals surface area contributed by atoms with E-state index in [1.165, 1.54) is 0 Å². The molecule has 0 aliphatic carbocycles. The van der Waals surface area contributed by atoms with Gasteiger partial charge in [0.25, 0.3) is 5.91 Å². The van der Waals surface area contributed by atoms with Gasteiger partial charge in [-0.05, 0) is 54.4 Å². The van der Waals surface area contributed by atoms with Gasteiger partial charge in [-0.1, -0.05) is 42.5 Å². The summed E-state index contributed by atoms with van der Waals surface area (Å²) in [4.78, 5) is 24.1. The first-order valence-corrected chi connectivity index (χ1v) is 9.65. The van der Waals surface area contributed by atoms with Crippen molar-refractivity contribution in [3.05, 3.63) is 95.6 Å². The quantitative estimate of drug-likeness (QED) is 0.560. The molecule has 0 aliphatic heterocycles. The number of rotatable bonds is 8. The summed E-state index contributed by atoms with van der Waals surface area (Å²) in [6, 6.07) is 24.1. The van der Waals surface area contributed by atoms with Gasteiger partial charge in [0.2, 0.25) is 5.91 Å². The third-order valence-corrected chi connectivity index (χ3v) is 4.27. The second-order valence-electron chi connectivity index (χ2n) is 6.72. The van der Waals surface area contributed by atoms with Crippen molar-refractivity contribution < 1.29 is 19.1 Å². The molecule has 0 saturated carbocycles. The molecule has 30 heavy (non-hydrogen) atoms. The van der Waals surface area contributed by atoms with Crippen LogP contribution in [-0.2, 0) is 11.4 Å². The molecule has 0 spiro atoms. The molecule has 3 aromatic carbocycles. The van der Waals surface area contributed by atoms with Crippen LogP contribution in [0.4, 0.5) is 0 Å². The number of ether oxygens (including phenoxy) is 2. The van der Waals surface area contributed by atoms with Crippen molar-refractivity contribution in [3.63, 3.8) is 0 Å². The molecule has 6 heteroatoms. The number of benzene rings is 3. The first-order valence-electron chi connectivity index (χ1n) is 9.65. The van der Waals surface area contributed by atoms with Crippen LogP contribution >= 0.6 is 0 Å². The first-order chi connectivity index (χ1) is 14.6. The van der Waals surface area contributed by atoms with E-state index in [1.807, 2.05) is 73.7 Å². The summed E-state index contributed by atoms with van der Waals surface area (Å²) in [7, 11) is 0. The van der Waals surface area contributed by atoms with E-state index < -0.39 is 5.91 Å². The second kappa shape index (κ2) is 10.7. The number of carbonyl (C=O) groups is 2. The third kappa shape index (κ3) is 6.67. The minimum atomic E-state index is -0.390. The average molecular weight is 404 g/mol. The van der Waals surface area contributed by atoms with Crippen molar-refractivity contribution in [1.29, 1.82) is 0 Å². The maximum Gasteiger partial charge on any atom is 0.269 e. The van der Waals surface area contributed by atoms with Gasteiger partial charge >= 0.3 is 0 Å². The van der Waals surface area contributed by atoms with Crippen LogP contribution in [0.5, 0.6) is 11.5 Å². The van der Waals surface area contributed by atoms with Crippen molar-refractivity contribution in [1.82, 2.24) is 10.9 Å². The van der Waals surface area contributed by atoms with Crippen molar-refractivity contribution in [3.8, 4) is 11.5 Å². The maximum atomic E-state index is 12.2. The van der Waals surface area contributed by atoms with Crippen molar-refractivity contribution >= 4 is 11.8 Å². The van der Waals surface area contributed by atoms with Crippen LogP contribution in [-0.4, -0.2) is 18.4 Å². The molecule has 0 unspecified atom stereocenters. The predicted octanol–water partition coefficient (Wildman–Crippen LogP) is 3.80. The first kappa shape index (κ1) is 20.9. The molecule has 0 bridgehead atoms. The Morgan fingerprint density at radius 1 is 0.800 bits per heavy atom. The molecule has 3 aromatic rings. The number of hydrazine groups is 1. The Kier molecular flexibility index (Phi) is 7.44. The molecule has 6 nitrogen and oxygen atoms in total. The van der Waals surface area contributed by atoms with E-state index in [0.717, 1.165) is 16.9 Å². The fourth-order valence-corrected chi connectivity index (χ4v) is 2.66. The number of hydrogen-bond acceptors (Lipinski definition) is 4. The summed E-state index contributed by atoms with van der Waals surface area (Å²) in [5.41, 5.74) is 7.27. The second-order valence-corrected chi connectivity index (χ2v) is 6.72. The topological polar surface area (TPSA) is 76.7 Å². The van der Waals surface area contributed by atoms with E-state index in [2.05, 4.69) is 10.9 Å². The summed E-state index contributed by atoms with van der Waals surface area (Å²) in [6.07, 6.45) is 0.129. The standard InChI is InChI=1S/C24H24N2O4/c1-18-6-5-9-22(16-18)29-15-14-23(27)25-26-24(28)20-12-10-19(11-13-20)17-30-21-7-3-2-4-8-21/h2-13,16H,14-15,17H2,1H3,(H,25,27)(H,26,28). The summed E-state index contributed by atoms with van der Waals surface area (Å²) in [6.45, 7) is 2.60. The van der Waals surface area contributed by atoms with Crippen LogP contribution in [0, 0.1) is 6.92 Å². The molecule has 0 atom stereocenters. The largest absolute Gasteiger partial charge is 0.493 e. The number of para-hydroxylation sites is 1. The Hall–Kier alpha value is -3.80. The highest BCUT2D eigenvalue weighted by Gasteiger charge is 2.08. The number of hydrogen-bond donors (Lipinski definition) is 2. The maximum absolute atomic E-state index is 12.2. The molecule has 0 saturated heterocycles. The predicted molar refractivity (Wildman–Crippen MR) is 114 cm³/mol. The highest BCUT2D eigenvalue weighted by atomic mass is 16.5. The molecule has 0 aliphatic rings. The van der Waals surface area contributed by atoms with E-state index in [9.17, 15) is 9.59 Å². The normalized spacial score (nSPS) is 10.2. The molecule has 154 valence electrons. The molecule has 3 rings (SSSR count). The average Bonchev–Trinajstić information content (AvgIpc) is 2.77. The van der Waals surface area contributed by atoms with Gasteiger partial charge in [-0.15, -0.1) is 0 Å². The van der Waals surface area contributed by atoms with Crippen LogP contribution < -0.4 is 20.3 Å². The number of amides is 2. The fraction of sp³-hybridized carbons (Fsp3) is 0.167. The molecule has 0 radical (unpaired) electrons. The lowest BCUT2D eigenvalue weighted by atomic mass is 10.1. The lowest BCUT2D eigenvalue weighted by Crippen LogP contribution is -2.42. The molecule has 0 heterocycles. The highest BCUT2D eigenvalue weighted by molar-refractivity contribution is 5.95. The van der Waals surface area contributed by atoms with Crippen molar-refractivity contribution in [2.75, 3.05) is 6.61 Å². The Bertz CT molecular complexity index is 972. The van der Waals surface area contributed by atoms with Gasteiger partial charge in [0.05, 0.1) is 13.0 Å². The molecule has 0 aromatic heterocycles. The van der Waals surface area contributed by atoms with Gasteiger partial charge in [-0.25, -0.2) is 0 Å². The van der Waals surface area contributed by atoms with Gasteiger partial charge in [0, 0.05) is 5.56 Å². The van der Waals surface area contributed by atoms with Gasteiger partial charge < -0.3 is 9.47 Å². The van der Waals surface area contributed by atoms with E-state index in [0.29, 0.717) is 17.9 Å². The Labute approximate surface area is 175 Å². The van der Waals surface area contributed by atoms with Crippen LogP contribution in [0.3, 0.4) is 0 Å². The van der Waals surface area contributed by atoms with E-state index in [-0.39, 0.29) is 18.9 Å². The SMILES string of the molecule is Cc1cccc(OCCC(=O)NNC(=O)c2ccc(COc3ccccc3)cc2)c1. The third-order valence-electron chi connectivity index (χ3n) is 4.27. The highest BCUT2D eigenvalue weighted by Crippen LogP contribution is 2.13. The zero-order valence-electron chi connectivity index (χ0n) is 16.8.